The molecule has 0 aliphatic rings. The van der Waals surface area contributed by atoms with Gasteiger partial charge in [-0.2, -0.15) is 0 Å². The smallest absolute Gasteiger partial charge is 0.246 e. The van der Waals surface area contributed by atoms with E-state index >= 15 is 0 Å². The lowest BCUT2D eigenvalue weighted by molar-refractivity contribution is -0.125. The van der Waals surface area contributed by atoms with Crippen molar-refractivity contribution in [2.24, 2.45) is 0 Å². The van der Waals surface area contributed by atoms with Gasteiger partial charge in [0.2, 0.25) is 15.9 Å². The number of likely N-dealkylation sites (N-methyl/N-ethyl adjacent to an activating group) is 1. The van der Waals surface area contributed by atoms with Crippen LogP contribution in [-0.4, -0.2) is 26.3 Å². The molecule has 0 atom stereocenters. The van der Waals surface area contributed by atoms with Crippen LogP contribution in [0.2, 0.25) is 5.02 Å². The molecule has 8 heteroatoms. The van der Waals surface area contributed by atoms with Gasteiger partial charge in [-0.1, -0.05) is 35.9 Å². The minimum absolute atomic E-state index is 0.0748. The van der Waals surface area contributed by atoms with Crippen LogP contribution in [0.15, 0.2) is 82.3 Å². The number of carbonyl (C=O) groups excluding carboxylic acids is 1. The lowest BCUT2D eigenvalue weighted by Gasteiger charge is -2.15. The van der Waals surface area contributed by atoms with E-state index in [4.69, 9.17) is 16.0 Å². The Morgan fingerprint density at radius 1 is 1.10 bits per heavy atom. The van der Waals surface area contributed by atoms with Crippen LogP contribution in [0.1, 0.15) is 16.9 Å². The monoisotopic (exact) mass is 444 g/mol. The summed E-state index contributed by atoms with van der Waals surface area (Å²) in [7, 11) is -1.94. The number of amides is 1. The summed E-state index contributed by atoms with van der Waals surface area (Å²) in [6.45, 7) is 0.532. The van der Waals surface area contributed by atoms with Gasteiger partial charge >= 0.3 is 0 Å². The average Bonchev–Trinajstić information content (AvgIpc) is 3.26. The first kappa shape index (κ1) is 21.8. The zero-order valence-electron chi connectivity index (χ0n) is 16.3. The molecule has 0 saturated heterocycles. The van der Waals surface area contributed by atoms with Crippen molar-refractivity contribution in [1.29, 1.82) is 0 Å². The molecule has 1 N–H and O–H groups in total. The fourth-order valence-corrected chi connectivity index (χ4v) is 3.78. The number of halogens is 1. The quantitative estimate of drug-likeness (QED) is 0.531. The van der Waals surface area contributed by atoms with Crippen LogP contribution in [0.3, 0.4) is 0 Å². The van der Waals surface area contributed by atoms with Crippen molar-refractivity contribution in [1.82, 2.24) is 9.62 Å². The number of furan rings is 1. The van der Waals surface area contributed by atoms with Gasteiger partial charge in [0.25, 0.3) is 0 Å². The van der Waals surface area contributed by atoms with Gasteiger partial charge in [-0.25, -0.2) is 13.1 Å². The molecule has 2 aromatic carbocycles. The number of carbonyl (C=O) groups is 1. The van der Waals surface area contributed by atoms with Crippen molar-refractivity contribution in [3.63, 3.8) is 0 Å². The molecular weight excluding hydrogens is 424 g/mol. The SMILES string of the molecule is CN(Cc1ccc(Cl)cc1)C(=O)/C=C/c1ccc(S(=O)(=O)NCc2ccco2)cc1. The Morgan fingerprint density at radius 3 is 2.43 bits per heavy atom. The summed E-state index contributed by atoms with van der Waals surface area (Å²) in [6, 6.07) is 17.0. The van der Waals surface area contributed by atoms with Crippen LogP contribution in [0.5, 0.6) is 0 Å². The number of nitrogens with one attached hydrogen (secondary N) is 1. The highest BCUT2D eigenvalue weighted by Crippen LogP contribution is 2.14. The summed E-state index contributed by atoms with van der Waals surface area (Å²) in [5.41, 5.74) is 1.69. The lowest BCUT2D eigenvalue weighted by atomic mass is 10.2. The third kappa shape index (κ3) is 6.06. The normalized spacial score (nSPS) is 11.7. The minimum Gasteiger partial charge on any atom is -0.468 e. The van der Waals surface area contributed by atoms with E-state index in [0.717, 1.165) is 5.56 Å². The Hall–Kier alpha value is -2.87. The first-order chi connectivity index (χ1) is 14.3. The van der Waals surface area contributed by atoms with Crippen molar-refractivity contribution < 1.29 is 17.6 Å². The number of hydrogen-bond donors (Lipinski definition) is 1. The van der Waals surface area contributed by atoms with E-state index in [-0.39, 0.29) is 17.3 Å². The van der Waals surface area contributed by atoms with Gasteiger partial charge in [0.15, 0.2) is 0 Å². The molecule has 0 radical (unpaired) electrons. The maximum Gasteiger partial charge on any atom is 0.246 e. The molecule has 0 fully saturated rings. The highest BCUT2D eigenvalue weighted by molar-refractivity contribution is 7.89. The van der Waals surface area contributed by atoms with E-state index in [1.54, 1.807) is 54.4 Å². The Labute approximate surface area is 180 Å². The second kappa shape index (κ2) is 9.75. The van der Waals surface area contributed by atoms with E-state index in [0.29, 0.717) is 22.9 Å². The molecule has 1 amide bonds. The molecule has 0 aliphatic heterocycles. The van der Waals surface area contributed by atoms with E-state index in [1.165, 1.54) is 24.5 Å². The first-order valence-electron chi connectivity index (χ1n) is 9.13. The van der Waals surface area contributed by atoms with Gasteiger partial charge in [-0.05, 0) is 53.6 Å². The van der Waals surface area contributed by atoms with Crippen molar-refractivity contribution in [2.45, 2.75) is 18.0 Å². The zero-order valence-corrected chi connectivity index (χ0v) is 17.9. The van der Waals surface area contributed by atoms with Crippen molar-refractivity contribution >= 4 is 33.6 Å². The second-order valence-electron chi connectivity index (χ2n) is 6.63. The van der Waals surface area contributed by atoms with E-state index in [9.17, 15) is 13.2 Å². The van der Waals surface area contributed by atoms with Gasteiger partial charge in [-0.15, -0.1) is 0 Å². The summed E-state index contributed by atoms with van der Waals surface area (Å²) in [5, 5.41) is 0.647. The number of benzene rings is 2. The van der Waals surface area contributed by atoms with E-state index in [1.807, 2.05) is 12.1 Å². The minimum atomic E-state index is -3.65. The molecule has 3 aromatic rings. The largest absolute Gasteiger partial charge is 0.468 e. The summed E-state index contributed by atoms with van der Waals surface area (Å²) >= 11 is 5.87. The fraction of sp³-hybridized carbons (Fsp3) is 0.136. The molecule has 0 unspecified atom stereocenters. The van der Waals surface area contributed by atoms with E-state index < -0.39 is 10.0 Å². The van der Waals surface area contributed by atoms with Crippen LogP contribution < -0.4 is 4.72 Å². The summed E-state index contributed by atoms with van der Waals surface area (Å²) in [5.74, 6) is 0.362. The summed E-state index contributed by atoms with van der Waals surface area (Å²) < 4.78 is 32.3. The van der Waals surface area contributed by atoms with Gasteiger partial charge in [0.1, 0.15) is 5.76 Å². The van der Waals surface area contributed by atoms with Gasteiger partial charge in [0.05, 0.1) is 17.7 Å². The molecule has 1 aromatic heterocycles. The van der Waals surface area contributed by atoms with Crippen LogP contribution in [-0.2, 0) is 27.9 Å². The second-order valence-corrected chi connectivity index (χ2v) is 8.83. The molecular formula is C22H21ClN2O4S. The van der Waals surface area contributed by atoms with Crippen LogP contribution in [0, 0.1) is 0 Å². The molecule has 0 aliphatic carbocycles. The molecule has 0 saturated carbocycles. The summed E-state index contributed by atoms with van der Waals surface area (Å²) in [6.07, 6.45) is 4.58. The topological polar surface area (TPSA) is 79.6 Å². The third-order valence-corrected chi connectivity index (χ3v) is 6.00. The zero-order chi connectivity index (χ0) is 21.6. The standard InChI is InChI=1S/C22H21ClN2O4S/c1-25(16-18-4-9-19(23)10-5-18)22(26)13-8-17-6-11-21(12-7-17)30(27,28)24-15-20-3-2-14-29-20/h2-14,24H,15-16H2,1H3/b13-8+. The third-order valence-electron chi connectivity index (χ3n) is 4.33. The van der Waals surface area contributed by atoms with Crippen molar-refractivity contribution in [2.75, 3.05) is 7.05 Å². The molecule has 0 spiro atoms. The summed E-state index contributed by atoms with van der Waals surface area (Å²) in [4.78, 5) is 14.0. The molecule has 6 nitrogen and oxygen atoms in total. The van der Waals surface area contributed by atoms with Gasteiger partial charge < -0.3 is 9.32 Å². The molecule has 156 valence electrons. The predicted molar refractivity (Wildman–Crippen MR) is 116 cm³/mol. The molecule has 1 heterocycles. The Balaban J connectivity index is 1.58. The highest BCUT2D eigenvalue weighted by atomic mass is 35.5. The molecule has 0 bridgehead atoms. The van der Waals surface area contributed by atoms with Gasteiger partial charge in [-0.3, -0.25) is 4.79 Å². The van der Waals surface area contributed by atoms with Crippen LogP contribution in [0.4, 0.5) is 0 Å². The number of rotatable bonds is 8. The number of nitrogens with zero attached hydrogens (tertiary/aromatic N) is 1. The predicted octanol–water partition coefficient (Wildman–Crippen LogP) is 4.08. The van der Waals surface area contributed by atoms with Crippen LogP contribution >= 0.6 is 11.6 Å². The van der Waals surface area contributed by atoms with Crippen LogP contribution in [0.25, 0.3) is 6.08 Å². The Kier molecular flexibility index (Phi) is 7.10. The van der Waals surface area contributed by atoms with Crippen molar-refractivity contribution in [3.8, 4) is 0 Å². The van der Waals surface area contributed by atoms with E-state index in [2.05, 4.69) is 4.72 Å². The molecule has 3 rings (SSSR count). The Morgan fingerprint density at radius 2 is 1.80 bits per heavy atom. The maximum atomic E-state index is 12.3. The van der Waals surface area contributed by atoms with Gasteiger partial charge in [0, 0.05) is 24.7 Å². The molecule has 30 heavy (non-hydrogen) atoms. The highest BCUT2D eigenvalue weighted by Gasteiger charge is 2.14. The fourth-order valence-electron chi connectivity index (χ4n) is 2.66. The maximum absolute atomic E-state index is 12.3. The number of hydrogen-bond acceptors (Lipinski definition) is 4. The average molecular weight is 445 g/mol. The first-order valence-corrected chi connectivity index (χ1v) is 11.0. The lowest BCUT2D eigenvalue weighted by Crippen LogP contribution is -2.24. The van der Waals surface area contributed by atoms with Crippen molar-refractivity contribution in [3.05, 3.63) is 94.9 Å². The number of sulfonamides is 1. The Bertz CT molecular complexity index is 1110.